The SMILES string of the molecule is C=CC(=O)N1CN(C(=O)C=C)CN(C(=O)CCSCC(=O)NC(C(=O)N[C@@H](CCCNC(N)=O)C(=O)Nc2ccc(COC(=O)N3c4c(ccc(C)c4O)C(=O)N4C=C(/C=C/C(N)=O)CC4C3O)cc2)C(C)C)C1. The van der Waals surface area contributed by atoms with Crippen LogP contribution in [0, 0.1) is 12.8 Å². The number of ether oxygens (including phenoxy) is 1. The topological polar surface area (TPSA) is 337 Å². The number of hydrogen-bond acceptors (Lipinski definition) is 14. The van der Waals surface area contributed by atoms with Gasteiger partial charge in [0.25, 0.3) is 5.91 Å². The van der Waals surface area contributed by atoms with Gasteiger partial charge in [0.2, 0.25) is 41.4 Å². The summed E-state index contributed by atoms with van der Waals surface area (Å²) in [5.74, 6) is -5.26. The summed E-state index contributed by atoms with van der Waals surface area (Å²) in [5.41, 5.74) is 11.6. The van der Waals surface area contributed by atoms with E-state index in [4.69, 9.17) is 16.2 Å². The van der Waals surface area contributed by atoms with Gasteiger partial charge in [0.1, 0.15) is 30.1 Å². The summed E-state index contributed by atoms with van der Waals surface area (Å²) >= 11 is 1.13. The molecule has 3 aliphatic rings. The summed E-state index contributed by atoms with van der Waals surface area (Å²) in [6.07, 6.45) is 3.54. The number of aliphatic hydroxyl groups is 1. The highest BCUT2D eigenvalue weighted by Crippen LogP contribution is 2.42. The number of carbonyl (C=O) groups is 10. The zero-order valence-corrected chi connectivity index (χ0v) is 41.9. The van der Waals surface area contributed by atoms with Crippen molar-refractivity contribution in [2.45, 2.75) is 77.4 Å². The molecular weight excluding hydrogens is 983 g/mol. The largest absolute Gasteiger partial charge is 0.505 e. The van der Waals surface area contributed by atoms with Gasteiger partial charge in [-0.2, -0.15) is 11.8 Å². The number of phenols is 1. The predicted molar refractivity (Wildman–Crippen MR) is 271 cm³/mol. The number of phenolic OH excluding ortho intramolecular Hbond substituents is 1. The van der Waals surface area contributed by atoms with Crippen LogP contribution in [0.4, 0.5) is 21.0 Å². The molecule has 3 aliphatic heterocycles. The van der Waals surface area contributed by atoms with Crippen molar-refractivity contribution in [3.05, 3.63) is 102 Å². The summed E-state index contributed by atoms with van der Waals surface area (Å²) in [6, 6.07) is 4.93. The first-order valence-electron chi connectivity index (χ1n) is 23.3. The van der Waals surface area contributed by atoms with Crippen LogP contribution < -0.4 is 37.6 Å². The number of rotatable bonds is 21. The highest BCUT2D eigenvalue weighted by Gasteiger charge is 2.46. The van der Waals surface area contributed by atoms with Crippen LogP contribution in [-0.2, 0) is 44.9 Å². The van der Waals surface area contributed by atoms with Crippen molar-refractivity contribution in [2.75, 3.05) is 48.3 Å². The number of allylic oxidation sites excluding steroid dienone is 1. The Bertz CT molecular complexity index is 2580. The number of nitrogens with one attached hydrogen (secondary N) is 4. The lowest BCUT2D eigenvalue weighted by Crippen LogP contribution is -2.59. The maximum Gasteiger partial charge on any atom is 0.416 e. The number of anilines is 2. The third-order valence-corrected chi connectivity index (χ3v) is 12.9. The first-order valence-corrected chi connectivity index (χ1v) is 24.5. The van der Waals surface area contributed by atoms with Gasteiger partial charge in [0.15, 0.2) is 6.23 Å². The first-order chi connectivity index (χ1) is 35.1. The molecule has 0 bridgehead atoms. The summed E-state index contributed by atoms with van der Waals surface area (Å²) in [4.78, 5) is 135. The van der Waals surface area contributed by atoms with Gasteiger partial charge >= 0.3 is 12.1 Å². The molecule has 0 saturated carbocycles. The molecule has 25 heteroatoms. The number of carbonyl (C=O) groups excluding carboxylic acids is 10. The highest BCUT2D eigenvalue weighted by atomic mass is 32.2. The molecular formula is C49H61N11O13S. The lowest BCUT2D eigenvalue weighted by Gasteiger charge is -2.41. The lowest BCUT2D eigenvalue weighted by atomic mass is 10.0. The monoisotopic (exact) mass is 1040 g/mol. The number of aliphatic hydroxyl groups excluding tert-OH is 1. The Morgan fingerprint density at radius 3 is 2.16 bits per heavy atom. The highest BCUT2D eigenvalue weighted by molar-refractivity contribution is 7.99. The number of aryl methyl sites for hydroxylation is 1. The molecule has 396 valence electrons. The van der Waals surface area contributed by atoms with E-state index in [2.05, 4.69) is 34.4 Å². The number of thioether (sulfide) groups is 1. The van der Waals surface area contributed by atoms with Crippen LogP contribution in [0.2, 0.25) is 0 Å². The second kappa shape index (κ2) is 26.0. The Kier molecular flexibility index (Phi) is 19.9. The van der Waals surface area contributed by atoms with Crippen LogP contribution in [-0.4, -0.2) is 152 Å². The van der Waals surface area contributed by atoms with Crippen LogP contribution in [0.1, 0.15) is 61.0 Å². The van der Waals surface area contributed by atoms with Crippen molar-refractivity contribution in [3.63, 3.8) is 0 Å². The van der Waals surface area contributed by atoms with Crippen molar-refractivity contribution in [1.82, 2.24) is 35.6 Å². The minimum Gasteiger partial charge on any atom is -0.505 e. The number of fused-ring (bicyclic) bond motifs is 2. The zero-order chi connectivity index (χ0) is 54.4. The molecule has 2 aromatic carbocycles. The van der Waals surface area contributed by atoms with E-state index >= 15 is 0 Å². The van der Waals surface area contributed by atoms with Crippen LogP contribution in [0.25, 0.3) is 0 Å². The maximum absolute atomic E-state index is 13.8. The van der Waals surface area contributed by atoms with Gasteiger partial charge in [-0.3, -0.25) is 38.4 Å². The number of aromatic hydroxyl groups is 1. The molecule has 0 aromatic heterocycles. The molecule has 3 heterocycles. The van der Waals surface area contributed by atoms with Crippen molar-refractivity contribution in [3.8, 4) is 5.75 Å². The summed E-state index contributed by atoms with van der Waals surface area (Å²) in [6.45, 7) is 11.5. The number of primary amides is 2. The normalized spacial score (nSPS) is 17.0. The molecule has 3 unspecified atom stereocenters. The minimum atomic E-state index is -1.71. The molecule has 0 radical (unpaired) electrons. The van der Waals surface area contributed by atoms with E-state index in [0.29, 0.717) is 16.7 Å². The third-order valence-electron chi connectivity index (χ3n) is 11.9. The molecule has 4 atom stereocenters. The Hall–Kier alpha value is -8.19. The van der Waals surface area contributed by atoms with Gasteiger partial charge in [-0.05, 0) is 79.2 Å². The number of nitrogens with zero attached hydrogens (tertiary/aromatic N) is 5. The fourth-order valence-corrected chi connectivity index (χ4v) is 8.75. The van der Waals surface area contributed by atoms with Gasteiger partial charge in [-0.15, -0.1) is 0 Å². The molecule has 11 amide bonds. The molecule has 24 nitrogen and oxygen atoms in total. The summed E-state index contributed by atoms with van der Waals surface area (Å²) in [7, 11) is 0. The van der Waals surface area contributed by atoms with Crippen molar-refractivity contribution < 1.29 is 62.9 Å². The Labute approximate surface area is 430 Å². The lowest BCUT2D eigenvalue weighted by molar-refractivity contribution is -0.154. The smallest absolute Gasteiger partial charge is 0.416 e. The number of hydrogen-bond donors (Lipinski definition) is 8. The van der Waals surface area contributed by atoms with Crippen LogP contribution in [0.3, 0.4) is 0 Å². The van der Waals surface area contributed by atoms with Gasteiger partial charge in [0.05, 0.1) is 37.4 Å². The molecule has 74 heavy (non-hydrogen) atoms. The minimum absolute atomic E-state index is 0.0227. The second-order valence-corrected chi connectivity index (χ2v) is 18.8. The Morgan fingerprint density at radius 2 is 1.55 bits per heavy atom. The molecule has 2 aromatic rings. The number of urea groups is 1. The standard InChI is InChI=1S/C49H61N11O13S/c1-6-38(63)56-25-57(39(64)7-2)27-58(26-56)40(65)18-20-74-24-37(62)55-41(28(3)4)45(68)54-34(9-8-19-52-48(51)71)44(67)53-32-14-11-30(12-15-32)23-73-49(72)60-42-33(16-10-29(5)43(42)66)46(69)59-22-31(13-17-36(50)61)21-35(59)47(60)70/h6-7,10-17,22,28,34-35,41,47,66,70H,1-2,8-9,18-21,23-27H2,3-5H3,(H2,50,61)(H,53,67)(H,54,68)(H,55,62)(H3,51,52,71)/b17-13+/t34-,35?,41?,47?/m0/s1. The molecule has 10 N–H and O–H groups in total. The van der Waals surface area contributed by atoms with Crippen LogP contribution in [0.5, 0.6) is 5.75 Å². The number of nitrogens with two attached hydrogens (primary N) is 2. The molecule has 0 spiro atoms. The van der Waals surface area contributed by atoms with Gasteiger partial charge in [0, 0.05) is 36.7 Å². The van der Waals surface area contributed by atoms with E-state index in [9.17, 15) is 58.2 Å². The van der Waals surface area contributed by atoms with Crippen LogP contribution in [0.15, 0.2) is 85.6 Å². The maximum atomic E-state index is 13.8. The van der Waals surface area contributed by atoms with Crippen LogP contribution >= 0.6 is 11.8 Å². The summed E-state index contributed by atoms with van der Waals surface area (Å²) in [5, 5.41) is 33.3. The Balaban J connectivity index is 1.18. The molecule has 0 aliphatic carbocycles. The quantitative estimate of drug-likeness (QED) is 0.0644. The predicted octanol–water partition coefficient (Wildman–Crippen LogP) is 1.20. The van der Waals surface area contributed by atoms with Gasteiger partial charge < -0.3 is 67.3 Å². The first kappa shape index (κ1) is 56.7. The van der Waals surface area contributed by atoms with Gasteiger partial charge in [-0.25, -0.2) is 14.5 Å². The molecule has 1 fully saturated rings. The fraction of sp³-hybridized carbons (Fsp3) is 0.388. The second-order valence-electron chi connectivity index (χ2n) is 17.7. The molecule has 1 saturated heterocycles. The van der Waals surface area contributed by atoms with E-state index in [0.717, 1.165) is 34.9 Å². The third kappa shape index (κ3) is 14.7. The Morgan fingerprint density at radius 1 is 0.905 bits per heavy atom. The van der Waals surface area contributed by atoms with Crippen molar-refractivity contribution in [2.24, 2.45) is 17.4 Å². The average molecular weight is 1040 g/mol. The van der Waals surface area contributed by atoms with Gasteiger partial charge in [-0.1, -0.05) is 51.3 Å². The number of amides is 11. The number of benzene rings is 2. The molecule has 5 rings (SSSR count). The van der Waals surface area contributed by atoms with E-state index in [-0.39, 0.29) is 93.2 Å². The fourth-order valence-electron chi connectivity index (χ4n) is 8.02. The summed E-state index contributed by atoms with van der Waals surface area (Å²) < 4.78 is 5.61. The average Bonchev–Trinajstić information content (AvgIpc) is 3.78. The van der Waals surface area contributed by atoms with E-state index in [1.165, 1.54) is 68.3 Å². The van der Waals surface area contributed by atoms with E-state index in [1.54, 1.807) is 20.8 Å². The van der Waals surface area contributed by atoms with E-state index in [1.807, 2.05) is 0 Å². The van der Waals surface area contributed by atoms with Crippen molar-refractivity contribution in [1.29, 1.82) is 0 Å². The zero-order valence-electron chi connectivity index (χ0n) is 41.1. The van der Waals surface area contributed by atoms with E-state index < -0.39 is 89.5 Å². The van der Waals surface area contributed by atoms with Crippen molar-refractivity contribution >= 4 is 82.5 Å².